The molecule has 0 saturated carbocycles. The summed E-state index contributed by atoms with van der Waals surface area (Å²) < 4.78 is 5.46. The van der Waals surface area contributed by atoms with Gasteiger partial charge in [-0.1, -0.05) is 255 Å². The molecule has 2 atom stereocenters. The second-order valence-electron chi connectivity index (χ2n) is 20.7. The van der Waals surface area contributed by atoms with Crippen LogP contribution in [0, 0.1) is 0 Å². The molecule has 404 valence electrons. The van der Waals surface area contributed by atoms with Crippen LogP contribution in [0.1, 0.15) is 316 Å². The first-order chi connectivity index (χ1) is 34.0. The zero-order valence-corrected chi connectivity index (χ0v) is 46.0. The summed E-state index contributed by atoms with van der Waals surface area (Å²) in [6.07, 6.45) is 74.2. The Morgan fingerprint density at radius 3 is 1.12 bits per heavy atom. The number of rotatable bonds is 56. The molecule has 0 aliphatic heterocycles. The van der Waals surface area contributed by atoms with Gasteiger partial charge in [-0.25, -0.2) is 0 Å². The lowest BCUT2D eigenvalue weighted by Gasteiger charge is -2.20. The highest BCUT2D eigenvalue weighted by Crippen LogP contribution is 2.16. The molecule has 0 aliphatic rings. The van der Waals surface area contributed by atoms with Gasteiger partial charge >= 0.3 is 5.97 Å². The molecule has 69 heavy (non-hydrogen) atoms. The van der Waals surface area contributed by atoms with Gasteiger partial charge < -0.3 is 20.3 Å². The number of hydrogen-bond donors (Lipinski definition) is 3. The molecule has 0 spiro atoms. The quantitative estimate of drug-likeness (QED) is 0.0321. The third kappa shape index (κ3) is 55.0. The fraction of sp³-hybridized carbons (Fsp3) is 0.841. The average molecular weight is 969 g/mol. The summed E-state index contributed by atoms with van der Waals surface area (Å²) >= 11 is 0. The van der Waals surface area contributed by atoms with E-state index < -0.39 is 12.1 Å². The van der Waals surface area contributed by atoms with E-state index in [9.17, 15) is 19.8 Å². The van der Waals surface area contributed by atoms with Crippen LogP contribution in [0.2, 0.25) is 0 Å². The van der Waals surface area contributed by atoms with Gasteiger partial charge in [-0.15, -0.1) is 0 Å². The van der Waals surface area contributed by atoms with Crippen LogP contribution in [-0.2, 0) is 14.3 Å². The zero-order valence-electron chi connectivity index (χ0n) is 46.0. The molecule has 2 unspecified atom stereocenters. The molecule has 0 aliphatic carbocycles. The summed E-state index contributed by atoms with van der Waals surface area (Å²) in [4.78, 5) is 24.5. The van der Waals surface area contributed by atoms with Crippen LogP contribution in [0.25, 0.3) is 0 Å². The van der Waals surface area contributed by atoms with E-state index in [0.717, 1.165) is 83.5 Å². The summed E-state index contributed by atoms with van der Waals surface area (Å²) in [5, 5.41) is 23.1. The second-order valence-corrected chi connectivity index (χ2v) is 20.7. The highest BCUT2D eigenvalue weighted by Gasteiger charge is 2.18. The monoisotopic (exact) mass is 968 g/mol. The van der Waals surface area contributed by atoms with Crippen LogP contribution in [0.3, 0.4) is 0 Å². The van der Waals surface area contributed by atoms with Crippen molar-refractivity contribution in [1.29, 1.82) is 0 Å². The number of aliphatic hydroxyl groups excluding tert-OH is 2. The maximum Gasteiger partial charge on any atom is 0.305 e. The molecule has 0 aromatic carbocycles. The molecule has 0 aromatic heterocycles. The van der Waals surface area contributed by atoms with E-state index in [1.165, 1.54) is 205 Å². The van der Waals surface area contributed by atoms with E-state index in [2.05, 4.69) is 55.6 Å². The third-order valence-electron chi connectivity index (χ3n) is 13.8. The number of esters is 1. The number of nitrogens with one attached hydrogen (secondary N) is 1. The average Bonchev–Trinajstić information content (AvgIpc) is 3.35. The van der Waals surface area contributed by atoms with Crippen molar-refractivity contribution in [1.82, 2.24) is 5.32 Å². The smallest absolute Gasteiger partial charge is 0.305 e. The molecule has 0 fully saturated rings. The SMILES string of the molecule is CCCCCCCC/C=C\CCCCCCCCCC(=O)OCCCCC/C=C\C/C=C\CCCCCCCCCC(=O)NC(CO)C(O)/C=C/CCCCCCCCCCCCCCCCCC. The Labute approximate surface area is 429 Å². The number of hydrogen-bond acceptors (Lipinski definition) is 5. The predicted octanol–water partition coefficient (Wildman–Crippen LogP) is 19.0. The molecule has 0 heterocycles. The lowest BCUT2D eigenvalue weighted by Crippen LogP contribution is -2.45. The van der Waals surface area contributed by atoms with Gasteiger partial charge in [-0.3, -0.25) is 9.59 Å². The van der Waals surface area contributed by atoms with Gasteiger partial charge in [0.05, 0.1) is 25.4 Å². The molecule has 0 radical (unpaired) electrons. The van der Waals surface area contributed by atoms with Gasteiger partial charge in [0.2, 0.25) is 5.91 Å². The van der Waals surface area contributed by atoms with Crippen molar-refractivity contribution in [2.75, 3.05) is 13.2 Å². The number of unbranched alkanes of at least 4 members (excludes halogenated alkanes) is 39. The van der Waals surface area contributed by atoms with Gasteiger partial charge in [-0.05, 0) is 96.3 Å². The molecule has 3 N–H and O–H groups in total. The fourth-order valence-corrected chi connectivity index (χ4v) is 9.13. The first kappa shape index (κ1) is 66.8. The lowest BCUT2D eigenvalue weighted by atomic mass is 10.0. The van der Waals surface area contributed by atoms with Crippen molar-refractivity contribution in [3.63, 3.8) is 0 Å². The van der Waals surface area contributed by atoms with Crippen molar-refractivity contribution in [2.24, 2.45) is 0 Å². The Morgan fingerprint density at radius 2 is 0.725 bits per heavy atom. The van der Waals surface area contributed by atoms with Crippen LogP contribution in [0.4, 0.5) is 0 Å². The van der Waals surface area contributed by atoms with Crippen LogP contribution in [-0.4, -0.2) is 47.4 Å². The van der Waals surface area contributed by atoms with Crippen molar-refractivity contribution in [2.45, 2.75) is 328 Å². The number of carbonyl (C=O) groups is 2. The second kappa shape index (κ2) is 58.4. The Bertz CT molecular complexity index is 1160. The summed E-state index contributed by atoms with van der Waals surface area (Å²) in [6.45, 7) is 4.86. The number of allylic oxidation sites excluding steroid dienone is 7. The van der Waals surface area contributed by atoms with Crippen LogP contribution < -0.4 is 5.32 Å². The van der Waals surface area contributed by atoms with Crippen molar-refractivity contribution >= 4 is 11.9 Å². The minimum atomic E-state index is -0.856. The summed E-state index contributed by atoms with van der Waals surface area (Å²) in [5.41, 5.74) is 0. The molecule has 0 saturated heterocycles. The summed E-state index contributed by atoms with van der Waals surface area (Å²) in [7, 11) is 0. The number of aliphatic hydroxyl groups is 2. The van der Waals surface area contributed by atoms with Gasteiger partial charge in [0.25, 0.3) is 0 Å². The molecule has 1 amide bonds. The van der Waals surface area contributed by atoms with Gasteiger partial charge in [-0.2, -0.15) is 0 Å². The Kier molecular flexibility index (Phi) is 56.5. The van der Waals surface area contributed by atoms with E-state index in [1.807, 2.05) is 6.08 Å². The van der Waals surface area contributed by atoms with Crippen molar-refractivity contribution in [3.8, 4) is 0 Å². The van der Waals surface area contributed by atoms with Crippen molar-refractivity contribution in [3.05, 3.63) is 48.6 Å². The topological polar surface area (TPSA) is 95.9 Å². The molecule has 6 nitrogen and oxygen atoms in total. The summed E-state index contributed by atoms with van der Waals surface area (Å²) in [6, 6.07) is -0.641. The van der Waals surface area contributed by atoms with Crippen LogP contribution in [0.5, 0.6) is 0 Å². The molecular weight excluding hydrogens is 851 g/mol. The normalized spacial score (nSPS) is 12.9. The molecule has 0 rings (SSSR count). The largest absolute Gasteiger partial charge is 0.466 e. The molecular formula is C63H117NO5. The Morgan fingerprint density at radius 1 is 0.406 bits per heavy atom. The number of amides is 1. The minimum absolute atomic E-state index is 0.0199. The maximum absolute atomic E-state index is 12.5. The van der Waals surface area contributed by atoms with E-state index >= 15 is 0 Å². The number of ether oxygens (including phenoxy) is 1. The summed E-state index contributed by atoms with van der Waals surface area (Å²) in [5.74, 6) is -0.103. The molecule has 6 heteroatoms. The first-order valence-corrected chi connectivity index (χ1v) is 30.4. The maximum atomic E-state index is 12.5. The van der Waals surface area contributed by atoms with Crippen LogP contribution >= 0.6 is 0 Å². The van der Waals surface area contributed by atoms with Gasteiger partial charge in [0, 0.05) is 12.8 Å². The van der Waals surface area contributed by atoms with Gasteiger partial charge in [0.15, 0.2) is 0 Å². The van der Waals surface area contributed by atoms with E-state index in [4.69, 9.17) is 4.74 Å². The van der Waals surface area contributed by atoms with Gasteiger partial charge in [0.1, 0.15) is 0 Å². The molecule has 0 aromatic rings. The standard InChI is InChI=1S/C63H117NO5/c1-3-5-7-9-11-13-15-17-19-21-24-27-31-35-39-43-47-51-55-61(66)60(59-65)64-62(67)56-52-48-44-40-36-32-28-25-22-26-30-34-38-42-46-50-54-58-69-63(68)57-53-49-45-41-37-33-29-23-20-18-16-14-12-10-8-6-4-2/h18,20,22,26,34,38,51,55,60-61,65-66H,3-17,19,21,23-25,27-33,35-37,39-50,52-54,56-59H2,1-2H3,(H,64,67)/b20-18-,26-22-,38-34-,55-51+. The Hall–Kier alpha value is -2.18. The number of carbonyl (C=O) groups excluding carboxylic acids is 2. The molecule has 0 bridgehead atoms. The highest BCUT2D eigenvalue weighted by molar-refractivity contribution is 5.76. The Balaban J connectivity index is 3.52. The highest BCUT2D eigenvalue weighted by atomic mass is 16.5. The lowest BCUT2D eigenvalue weighted by molar-refractivity contribution is -0.143. The van der Waals surface area contributed by atoms with E-state index in [0.29, 0.717) is 19.4 Å². The first-order valence-electron chi connectivity index (χ1n) is 30.4. The van der Waals surface area contributed by atoms with Crippen molar-refractivity contribution < 1.29 is 24.5 Å². The fourth-order valence-electron chi connectivity index (χ4n) is 9.13. The minimum Gasteiger partial charge on any atom is -0.466 e. The predicted molar refractivity (Wildman–Crippen MR) is 301 cm³/mol. The zero-order chi connectivity index (χ0) is 50.0. The van der Waals surface area contributed by atoms with Crippen LogP contribution in [0.15, 0.2) is 48.6 Å². The van der Waals surface area contributed by atoms with E-state index in [-0.39, 0.29) is 18.5 Å². The van der Waals surface area contributed by atoms with E-state index in [1.54, 1.807) is 6.08 Å². The third-order valence-corrected chi connectivity index (χ3v) is 13.8.